The number of amides is 1. The fourth-order valence-corrected chi connectivity index (χ4v) is 1.73. The van der Waals surface area contributed by atoms with Crippen molar-refractivity contribution in [3.8, 4) is 5.75 Å². The van der Waals surface area contributed by atoms with E-state index in [1.54, 1.807) is 12.1 Å². The summed E-state index contributed by atoms with van der Waals surface area (Å²) in [6.45, 7) is 7.27. The number of carboxylic acid groups (broad SMARTS) is 1. The number of hydrogen-bond donors (Lipinski definition) is 2. The van der Waals surface area contributed by atoms with Crippen LogP contribution in [0.3, 0.4) is 0 Å². The molecule has 114 valence electrons. The second-order valence-corrected chi connectivity index (χ2v) is 4.86. The van der Waals surface area contributed by atoms with Crippen molar-refractivity contribution in [3.05, 3.63) is 42.0 Å². The van der Waals surface area contributed by atoms with Crippen LogP contribution in [-0.4, -0.2) is 29.6 Å². The van der Waals surface area contributed by atoms with Crippen LogP contribution >= 0.6 is 0 Å². The van der Waals surface area contributed by atoms with Crippen molar-refractivity contribution < 1.29 is 19.4 Å². The predicted octanol–water partition coefficient (Wildman–Crippen LogP) is 2.22. The number of benzene rings is 1. The van der Waals surface area contributed by atoms with Crippen molar-refractivity contribution in [2.45, 2.75) is 32.7 Å². The largest absolute Gasteiger partial charge is 0.484 e. The molecule has 0 radical (unpaired) electrons. The molecule has 0 saturated heterocycles. The Labute approximate surface area is 124 Å². The minimum absolute atomic E-state index is 0.208. The molecule has 0 bridgehead atoms. The standard InChI is InChI=1S/C16H21NO4/c1-4-5-6-14(16(19)20)17-15(18)10-21-13-8-7-11(2)12(3)9-13/h4,7-9,14H,1,5-6,10H2,2-3H3,(H,17,18)(H,19,20). The molecule has 0 fully saturated rings. The lowest BCUT2D eigenvalue weighted by Crippen LogP contribution is -2.42. The average molecular weight is 291 g/mol. The minimum atomic E-state index is -1.06. The summed E-state index contributed by atoms with van der Waals surface area (Å²) in [5.41, 5.74) is 2.21. The molecule has 5 nitrogen and oxygen atoms in total. The predicted molar refractivity (Wildman–Crippen MR) is 80.4 cm³/mol. The first-order valence-corrected chi connectivity index (χ1v) is 6.77. The van der Waals surface area contributed by atoms with Crippen LogP contribution in [0.1, 0.15) is 24.0 Å². The lowest BCUT2D eigenvalue weighted by Gasteiger charge is -2.14. The van der Waals surface area contributed by atoms with Gasteiger partial charge in [-0.15, -0.1) is 6.58 Å². The summed E-state index contributed by atoms with van der Waals surface area (Å²) in [5, 5.41) is 11.4. The third kappa shape index (κ3) is 5.69. The molecule has 0 spiro atoms. The third-order valence-corrected chi connectivity index (χ3v) is 3.14. The lowest BCUT2D eigenvalue weighted by molar-refractivity contribution is -0.142. The molecule has 21 heavy (non-hydrogen) atoms. The van der Waals surface area contributed by atoms with Gasteiger partial charge in [-0.3, -0.25) is 4.79 Å². The smallest absolute Gasteiger partial charge is 0.326 e. The van der Waals surface area contributed by atoms with Crippen molar-refractivity contribution in [3.63, 3.8) is 0 Å². The zero-order chi connectivity index (χ0) is 15.8. The van der Waals surface area contributed by atoms with E-state index in [1.807, 2.05) is 26.0 Å². The second-order valence-electron chi connectivity index (χ2n) is 4.86. The van der Waals surface area contributed by atoms with Gasteiger partial charge < -0.3 is 15.2 Å². The van der Waals surface area contributed by atoms with Crippen LogP contribution in [0.4, 0.5) is 0 Å². The normalized spacial score (nSPS) is 11.5. The summed E-state index contributed by atoms with van der Waals surface area (Å²) >= 11 is 0. The Morgan fingerprint density at radius 2 is 2.10 bits per heavy atom. The van der Waals surface area contributed by atoms with Gasteiger partial charge in [-0.25, -0.2) is 4.79 Å². The number of aliphatic carboxylic acids is 1. The summed E-state index contributed by atoms with van der Waals surface area (Å²) in [7, 11) is 0. The third-order valence-electron chi connectivity index (χ3n) is 3.14. The van der Waals surface area contributed by atoms with E-state index in [9.17, 15) is 9.59 Å². The summed E-state index contributed by atoms with van der Waals surface area (Å²) in [6, 6.07) is 4.61. The lowest BCUT2D eigenvalue weighted by atomic mass is 10.1. The number of carbonyl (C=O) groups excluding carboxylic acids is 1. The molecule has 0 saturated carbocycles. The van der Waals surface area contributed by atoms with Gasteiger partial charge in [0.1, 0.15) is 11.8 Å². The van der Waals surface area contributed by atoms with Crippen molar-refractivity contribution in [2.75, 3.05) is 6.61 Å². The number of carboxylic acids is 1. The number of nitrogens with one attached hydrogen (secondary N) is 1. The first kappa shape index (κ1) is 16.8. The summed E-state index contributed by atoms with van der Waals surface area (Å²) in [5.74, 6) is -0.924. The zero-order valence-electron chi connectivity index (χ0n) is 12.4. The molecule has 0 aliphatic rings. The Morgan fingerprint density at radius 3 is 2.67 bits per heavy atom. The first-order valence-electron chi connectivity index (χ1n) is 6.77. The molecule has 1 unspecified atom stereocenters. The van der Waals surface area contributed by atoms with Crippen LogP contribution in [0.25, 0.3) is 0 Å². The van der Waals surface area contributed by atoms with Gasteiger partial charge in [0.2, 0.25) is 0 Å². The summed E-state index contributed by atoms with van der Waals surface area (Å²) in [4.78, 5) is 22.7. The van der Waals surface area contributed by atoms with Gasteiger partial charge in [-0.05, 0) is 49.9 Å². The molecule has 1 atom stereocenters. The number of aryl methyl sites for hydroxylation is 2. The molecule has 0 aliphatic heterocycles. The highest BCUT2D eigenvalue weighted by atomic mass is 16.5. The fourth-order valence-electron chi connectivity index (χ4n) is 1.73. The number of ether oxygens (including phenoxy) is 1. The molecule has 1 aromatic rings. The highest BCUT2D eigenvalue weighted by molar-refractivity contribution is 5.84. The Kier molecular flexibility index (Phi) is 6.46. The van der Waals surface area contributed by atoms with Gasteiger partial charge in [0.25, 0.3) is 5.91 Å². The molecule has 1 rings (SSSR count). The van der Waals surface area contributed by atoms with E-state index >= 15 is 0 Å². The SMILES string of the molecule is C=CCCC(NC(=O)COc1ccc(C)c(C)c1)C(=O)O. The Hall–Kier alpha value is -2.30. The van der Waals surface area contributed by atoms with Crippen LogP contribution < -0.4 is 10.1 Å². The van der Waals surface area contributed by atoms with Crippen molar-refractivity contribution in [1.82, 2.24) is 5.32 Å². The highest BCUT2D eigenvalue weighted by Gasteiger charge is 2.19. The van der Waals surface area contributed by atoms with Crippen molar-refractivity contribution >= 4 is 11.9 Å². The molecular weight excluding hydrogens is 270 g/mol. The van der Waals surface area contributed by atoms with Crippen LogP contribution in [0.15, 0.2) is 30.9 Å². The topological polar surface area (TPSA) is 75.6 Å². The second kappa shape index (κ2) is 8.09. The van der Waals surface area contributed by atoms with E-state index in [2.05, 4.69) is 11.9 Å². The minimum Gasteiger partial charge on any atom is -0.484 e. The number of carbonyl (C=O) groups is 2. The van der Waals surface area contributed by atoms with Crippen molar-refractivity contribution in [1.29, 1.82) is 0 Å². The molecule has 1 aromatic carbocycles. The van der Waals surface area contributed by atoms with E-state index in [4.69, 9.17) is 9.84 Å². The van der Waals surface area contributed by atoms with Crippen molar-refractivity contribution in [2.24, 2.45) is 0 Å². The maximum atomic E-state index is 11.7. The van der Waals surface area contributed by atoms with Gasteiger partial charge in [-0.1, -0.05) is 12.1 Å². The number of rotatable bonds is 8. The van der Waals surface area contributed by atoms with Gasteiger partial charge in [0, 0.05) is 0 Å². The molecule has 5 heteroatoms. The number of hydrogen-bond acceptors (Lipinski definition) is 3. The molecule has 1 amide bonds. The molecule has 0 aromatic heterocycles. The quantitative estimate of drug-likeness (QED) is 0.720. The van der Waals surface area contributed by atoms with E-state index in [0.717, 1.165) is 11.1 Å². The van der Waals surface area contributed by atoms with E-state index in [-0.39, 0.29) is 6.61 Å². The molecular formula is C16H21NO4. The summed E-state index contributed by atoms with van der Waals surface area (Å²) < 4.78 is 5.36. The zero-order valence-corrected chi connectivity index (χ0v) is 12.4. The van der Waals surface area contributed by atoms with E-state index in [1.165, 1.54) is 0 Å². The Morgan fingerprint density at radius 1 is 1.38 bits per heavy atom. The van der Waals surface area contributed by atoms with Crippen LogP contribution in [0.5, 0.6) is 5.75 Å². The van der Waals surface area contributed by atoms with Crippen LogP contribution in [0.2, 0.25) is 0 Å². The highest BCUT2D eigenvalue weighted by Crippen LogP contribution is 2.16. The first-order chi connectivity index (χ1) is 9.93. The monoisotopic (exact) mass is 291 g/mol. The molecule has 0 heterocycles. The van der Waals surface area contributed by atoms with Gasteiger partial charge in [-0.2, -0.15) is 0 Å². The maximum Gasteiger partial charge on any atom is 0.326 e. The molecule has 2 N–H and O–H groups in total. The average Bonchev–Trinajstić information content (AvgIpc) is 2.44. The Bertz CT molecular complexity index is 525. The van der Waals surface area contributed by atoms with Gasteiger partial charge in [0.05, 0.1) is 0 Å². The van der Waals surface area contributed by atoms with E-state index < -0.39 is 17.9 Å². The van der Waals surface area contributed by atoms with Gasteiger partial charge >= 0.3 is 5.97 Å². The molecule has 0 aliphatic carbocycles. The van der Waals surface area contributed by atoms with Crippen LogP contribution in [0, 0.1) is 13.8 Å². The van der Waals surface area contributed by atoms with Gasteiger partial charge in [0.15, 0.2) is 6.61 Å². The maximum absolute atomic E-state index is 11.7. The van der Waals surface area contributed by atoms with Crippen LogP contribution in [-0.2, 0) is 9.59 Å². The Balaban J connectivity index is 2.50. The fraction of sp³-hybridized carbons (Fsp3) is 0.375. The summed E-state index contributed by atoms with van der Waals surface area (Å²) in [6.07, 6.45) is 2.46. The number of allylic oxidation sites excluding steroid dienone is 1. The van der Waals surface area contributed by atoms with E-state index in [0.29, 0.717) is 18.6 Å².